The molecule has 0 heterocycles. The molecule has 0 atom stereocenters. The summed E-state index contributed by atoms with van der Waals surface area (Å²) in [6.07, 6.45) is 0. The zero-order valence-electron chi connectivity index (χ0n) is 10.7. The quantitative estimate of drug-likeness (QED) is 0.404. The lowest BCUT2D eigenvalue weighted by Crippen LogP contribution is -2.27. The third-order valence-electron chi connectivity index (χ3n) is 2.40. The summed E-state index contributed by atoms with van der Waals surface area (Å²) in [5.74, 6) is -1.58. The lowest BCUT2D eigenvalue weighted by Gasteiger charge is -2.14. The van der Waals surface area contributed by atoms with Gasteiger partial charge in [-0.25, -0.2) is 0 Å². The van der Waals surface area contributed by atoms with E-state index in [0.29, 0.717) is 5.02 Å². The van der Waals surface area contributed by atoms with Gasteiger partial charge in [0, 0.05) is 24.7 Å². The second-order valence-corrected chi connectivity index (χ2v) is 4.95. The summed E-state index contributed by atoms with van der Waals surface area (Å²) < 4.78 is 0. The van der Waals surface area contributed by atoms with Crippen LogP contribution in [-0.4, -0.2) is 35.8 Å². The molecule has 6 heteroatoms. The minimum Gasteiger partial charge on any atom is -0.506 e. The zero-order chi connectivity index (χ0) is 14.7. The minimum absolute atomic E-state index is 0.162. The Kier molecular flexibility index (Phi) is 4.97. The number of halogens is 2. The van der Waals surface area contributed by atoms with E-state index in [1.807, 2.05) is 0 Å². The van der Waals surface area contributed by atoms with Crippen LogP contribution in [-0.2, 0) is 9.59 Å². The van der Waals surface area contributed by atoms with Gasteiger partial charge >= 0.3 is 0 Å². The van der Waals surface area contributed by atoms with E-state index in [0.717, 1.165) is 0 Å². The molecule has 1 aromatic carbocycles. The molecule has 0 aromatic heterocycles. The van der Waals surface area contributed by atoms with Crippen molar-refractivity contribution in [3.05, 3.63) is 39.4 Å². The van der Waals surface area contributed by atoms with Gasteiger partial charge in [-0.1, -0.05) is 23.2 Å². The molecule has 0 fully saturated rings. The van der Waals surface area contributed by atoms with Crippen molar-refractivity contribution >= 4 is 40.7 Å². The summed E-state index contributed by atoms with van der Waals surface area (Å²) in [5, 5.41) is 10.7. The van der Waals surface area contributed by atoms with Gasteiger partial charge < -0.3 is 10.0 Å². The van der Waals surface area contributed by atoms with Crippen molar-refractivity contribution in [2.24, 2.45) is 0 Å². The molecule has 0 unspecified atom stereocenters. The monoisotopic (exact) mass is 301 g/mol. The Hall–Kier alpha value is -1.52. The summed E-state index contributed by atoms with van der Waals surface area (Å²) >= 11 is 11.7. The van der Waals surface area contributed by atoms with Crippen molar-refractivity contribution in [2.45, 2.75) is 6.92 Å². The van der Waals surface area contributed by atoms with Gasteiger partial charge in [-0.3, -0.25) is 9.59 Å². The van der Waals surface area contributed by atoms with E-state index in [1.54, 1.807) is 0 Å². The first-order valence-electron chi connectivity index (χ1n) is 5.37. The van der Waals surface area contributed by atoms with Crippen LogP contribution in [0.4, 0.5) is 0 Å². The molecule has 4 nitrogen and oxygen atoms in total. The predicted octanol–water partition coefficient (Wildman–Crippen LogP) is 2.94. The van der Waals surface area contributed by atoms with Crippen LogP contribution < -0.4 is 0 Å². The molecular weight excluding hydrogens is 289 g/mol. The maximum absolute atomic E-state index is 11.9. The number of carbonyl (C=O) groups excluding carboxylic acids is 2. The fourth-order valence-electron chi connectivity index (χ4n) is 1.46. The van der Waals surface area contributed by atoms with Gasteiger partial charge in [0.15, 0.2) is 5.78 Å². The second-order valence-electron chi connectivity index (χ2n) is 4.10. The number of amides is 1. The van der Waals surface area contributed by atoms with E-state index in [-0.39, 0.29) is 16.2 Å². The number of carbonyl (C=O) groups is 2. The number of nitrogens with zero attached hydrogens (tertiary/aromatic N) is 1. The van der Waals surface area contributed by atoms with Gasteiger partial charge in [0.25, 0.3) is 5.91 Å². The molecule has 1 N–H and O–H groups in total. The average Bonchev–Trinajstić information content (AvgIpc) is 2.27. The number of hydrogen-bond donors (Lipinski definition) is 1. The summed E-state index contributed by atoms with van der Waals surface area (Å²) in [4.78, 5) is 24.6. The normalized spacial score (nSPS) is 11.8. The minimum atomic E-state index is -0.587. The maximum Gasteiger partial charge on any atom is 0.260 e. The van der Waals surface area contributed by atoms with Crippen molar-refractivity contribution < 1.29 is 14.7 Å². The number of aliphatic hydroxyl groups is 1. The Morgan fingerprint density at radius 3 is 2.21 bits per heavy atom. The number of ketones is 1. The van der Waals surface area contributed by atoms with Gasteiger partial charge in [0.1, 0.15) is 11.3 Å². The lowest BCUT2D eigenvalue weighted by molar-refractivity contribution is -0.127. The molecule has 0 aliphatic heterocycles. The molecule has 0 saturated heterocycles. The van der Waals surface area contributed by atoms with Crippen LogP contribution in [0.2, 0.25) is 10.0 Å². The Morgan fingerprint density at radius 1 is 1.21 bits per heavy atom. The lowest BCUT2D eigenvalue weighted by atomic mass is 10.0. The smallest absolute Gasteiger partial charge is 0.260 e. The zero-order valence-corrected chi connectivity index (χ0v) is 12.2. The predicted molar refractivity (Wildman–Crippen MR) is 75.4 cm³/mol. The maximum atomic E-state index is 11.9. The Bertz CT molecular complexity index is 565. The van der Waals surface area contributed by atoms with Gasteiger partial charge in [-0.05, 0) is 25.1 Å². The van der Waals surface area contributed by atoms with Crippen LogP contribution in [0, 0.1) is 0 Å². The van der Waals surface area contributed by atoms with E-state index < -0.39 is 17.4 Å². The van der Waals surface area contributed by atoms with E-state index in [1.165, 1.54) is 44.1 Å². The van der Waals surface area contributed by atoms with Crippen molar-refractivity contribution in [1.29, 1.82) is 0 Å². The van der Waals surface area contributed by atoms with Crippen LogP contribution in [0.5, 0.6) is 0 Å². The average molecular weight is 302 g/mol. The van der Waals surface area contributed by atoms with Gasteiger partial charge in [0.05, 0.1) is 5.02 Å². The standard InChI is InChI=1S/C13H13Cl2NO3/c1-7(17)11(13(19)16(2)3)12(18)9-5-4-8(14)6-10(9)15/h4-6,18H,1-3H3. The molecule has 0 radical (unpaired) electrons. The number of rotatable bonds is 3. The van der Waals surface area contributed by atoms with Crippen molar-refractivity contribution in [1.82, 2.24) is 4.90 Å². The van der Waals surface area contributed by atoms with Crippen molar-refractivity contribution in [3.63, 3.8) is 0 Å². The summed E-state index contributed by atoms with van der Waals surface area (Å²) in [5.41, 5.74) is -0.124. The number of aliphatic hydroxyl groups excluding tert-OH is 1. The van der Waals surface area contributed by atoms with Crippen LogP contribution >= 0.6 is 23.2 Å². The van der Waals surface area contributed by atoms with Crippen LogP contribution in [0.1, 0.15) is 12.5 Å². The number of benzene rings is 1. The number of hydrogen-bond acceptors (Lipinski definition) is 3. The topological polar surface area (TPSA) is 57.6 Å². The van der Waals surface area contributed by atoms with Crippen LogP contribution in [0.3, 0.4) is 0 Å². The fourth-order valence-corrected chi connectivity index (χ4v) is 1.96. The Morgan fingerprint density at radius 2 is 1.79 bits per heavy atom. The fraction of sp³-hybridized carbons (Fsp3) is 0.231. The molecule has 0 aliphatic carbocycles. The van der Waals surface area contributed by atoms with Crippen molar-refractivity contribution in [3.8, 4) is 0 Å². The molecule has 102 valence electrons. The Balaban J connectivity index is 3.46. The summed E-state index contributed by atoms with van der Waals surface area (Å²) in [6, 6.07) is 4.38. The third kappa shape index (κ3) is 3.49. The molecule has 0 aliphatic rings. The number of likely N-dealkylation sites (N-methyl/N-ethyl adjacent to an activating group) is 1. The molecule has 1 aromatic rings. The van der Waals surface area contributed by atoms with E-state index >= 15 is 0 Å². The van der Waals surface area contributed by atoms with Gasteiger partial charge in [0.2, 0.25) is 0 Å². The SMILES string of the molecule is CC(=O)C(C(=O)N(C)C)=C(O)c1ccc(Cl)cc1Cl. The number of Topliss-reactive ketones (excluding diaryl/α,β-unsaturated/α-hetero) is 1. The molecular formula is C13H13Cl2NO3. The van der Waals surface area contributed by atoms with E-state index in [2.05, 4.69) is 0 Å². The first-order valence-corrected chi connectivity index (χ1v) is 6.12. The largest absolute Gasteiger partial charge is 0.506 e. The van der Waals surface area contributed by atoms with Crippen LogP contribution in [0.25, 0.3) is 5.76 Å². The molecule has 0 saturated carbocycles. The highest BCUT2D eigenvalue weighted by Gasteiger charge is 2.23. The molecule has 1 rings (SSSR count). The third-order valence-corrected chi connectivity index (χ3v) is 2.94. The first kappa shape index (κ1) is 15.5. The van der Waals surface area contributed by atoms with E-state index in [4.69, 9.17) is 23.2 Å². The van der Waals surface area contributed by atoms with Gasteiger partial charge in [-0.15, -0.1) is 0 Å². The highest BCUT2D eigenvalue weighted by Crippen LogP contribution is 2.28. The summed E-state index contributed by atoms with van der Waals surface area (Å²) in [6.45, 7) is 1.21. The highest BCUT2D eigenvalue weighted by atomic mass is 35.5. The molecule has 1 amide bonds. The van der Waals surface area contributed by atoms with Gasteiger partial charge in [-0.2, -0.15) is 0 Å². The second kappa shape index (κ2) is 6.08. The first-order chi connectivity index (χ1) is 8.75. The molecule has 0 bridgehead atoms. The highest BCUT2D eigenvalue weighted by molar-refractivity contribution is 6.36. The van der Waals surface area contributed by atoms with Crippen LogP contribution in [0.15, 0.2) is 23.8 Å². The molecule has 19 heavy (non-hydrogen) atoms. The van der Waals surface area contributed by atoms with Crippen molar-refractivity contribution in [2.75, 3.05) is 14.1 Å². The van der Waals surface area contributed by atoms with E-state index in [9.17, 15) is 14.7 Å². The Labute approximate surface area is 121 Å². The molecule has 0 spiro atoms. The summed E-state index contributed by atoms with van der Waals surface area (Å²) in [7, 11) is 2.98.